The number of hydrogen-bond donors (Lipinski definition) is 1. The molecule has 14 heavy (non-hydrogen) atoms. The van der Waals surface area contributed by atoms with Crippen molar-refractivity contribution in [3.8, 4) is 0 Å². The number of aryl methyl sites for hydroxylation is 1. The quantitative estimate of drug-likeness (QED) is 0.763. The maximum absolute atomic E-state index is 4.42. The van der Waals surface area contributed by atoms with Crippen LogP contribution in [0, 0.1) is 18.3 Å². The molecule has 0 aliphatic carbocycles. The minimum atomic E-state index is 0.304. The summed E-state index contributed by atoms with van der Waals surface area (Å²) in [5, 5.41) is 0. The van der Waals surface area contributed by atoms with Crippen LogP contribution in [0.15, 0.2) is 12.4 Å². The van der Waals surface area contributed by atoms with Gasteiger partial charge >= 0.3 is 0 Å². The molecule has 0 aliphatic rings. The average Bonchev–Trinajstić information content (AvgIpc) is 2.45. The SMILES string of the molecule is Cc1nccn1CC(CS)C(C)(C)C. The molecule has 80 valence electrons. The summed E-state index contributed by atoms with van der Waals surface area (Å²) in [5.74, 6) is 2.58. The monoisotopic (exact) mass is 212 g/mol. The second-order valence-corrected chi connectivity index (χ2v) is 5.24. The van der Waals surface area contributed by atoms with Crippen LogP contribution in [-0.2, 0) is 6.54 Å². The van der Waals surface area contributed by atoms with Crippen molar-refractivity contribution in [2.24, 2.45) is 11.3 Å². The van der Waals surface area contributed by atoms with Crippen LogP contribution in [0.5, 0.6) is 0 Å². The number of nitrogens with zero attached hydrogens (tertiary/aromatic N) is 2. The minimum Gasteiger partial charge on any atom is -0.335 e. The van der Waals surface area contributed by atoms with Gasteiger partial charge in [0, 0.05) is 18.9 Å². The highest BCUT2D eigenvalue weighted by Crippen LogP contribution is 2.28. The van der Waals surface area contributed by atoms with Crippen LogP contribution in [0.25, 0.3) is 0 Å². The lowest BCUT2D eigenvalue weighted by molar-refractivity contribution is 0.237. The third-order valence-corrected chi connectivity index (χ3v) is 3.23. The summed E-state index contributed by atoms with van der Waals surface area (Å²) in [6.07, 6.45) is 3.89. The van der Waals surface area contributed by atoms with E-state index in [0.717, 1.165) is 18.1 Å². The normalized spacial score (nSPS) is 14.4. The van der Waals surface area contributed by atoms with E-state index >= 15 is 0 Å². The van der Waals surface area contributed by atoms with Crippen molar-refractivity contribution in [1.82, 2.24) is 9.55 Å². The first-order chi connectivity index (χ1) is 6.45. The van der Waals surface area contributed by atoms with E-state index in [-0.39, 0.29) is 0 Å². The van der Waals surface area contributed by atoms with Crippen LogP contribution in [0.2, 0.25) is 0 Å². The summed E-state index contributed by atoms with van der Waals surface area (Å²) >= 11 is 4.42. The minimum absolute atomic E-state index is 0.304. The molecule has 1 aromatic rings. The van der Waals surface area contributed by atoms with Crippen LogP contribution in [0.1, 0.15) is 26.6 Å². The van der Waals surface area contributed by atoms with Gasteiger partial charge in [-0.2, -0.15) is 12.6 Å². The first-order valence-corrected chi connectivity index (χ1v) is 5.67. The topological polar surface area (TPSA) is 17.8 Å². The average molecular weight is 212 g/mol. The molecule has 0 amide bonds. The van der Waals surface area contributed by atoms with Gasteiger partial charge < -0.3 is 4.57 Å². The van der Waals surface area contributed by atoms with Gasteiger partial charge in [0.2, 0.25) is 0 Å². The molecule has 0 saturated carbocycles. The van der Waals surface area contributed by atoms with Crippen molar-refractivity contribution in [2.45, 2.75) is 34.2 Å². The number of aromatic nitrogens is 2. The van der Waals surface area contributed by atoms with Crippen molar-refractivity contribution in [3.05, 3.63) is 18.2 Å². The molecule has 3 heteroatoms. The van der Waals surface area contributed by atoms with E-state index in [1.807, 2.05) is 19.3 Å². The number of imidazole rings is 1. The van der Waals surface area contributed by atoms with E-state index < -0.39 is 0 Å². The highest BCUT2D eigenvalue weighted by Gasteiger charge is 2.23. The Bertz CT molecular complexity index is 286. The summed E-state index contributed by atoms with van der Waals surface area (Å²) in [5.41, 5.74) is 0.304. The van der Waals surface area contributed by atoms with Crippen molar-refractivity contribution >= 4 is 12.6 Å². The Hall–Kier alpha value is -0.440. The molecule has 0 radical (unpaired) electrons. The van der Waals surface area contributed by atoms with Crippen LogP contribution < -0.4 is 0 Å². The van der Waals surface area contributed by atoms with E-state index in [1.165, 1.54) is 0 Å². The van der Waals surface area contributed by atoms with Gasteiger partial charge in [0.25, 0.3) is 0 Å². The highest BCUT2D eigenvalue weighted by atomic mass is 32.1. The molecule has 0 aliphatic heterocycles. The fourth-order valence-electron chi connectivity index (χ4n) is 1.44. The smallest absolute Gasteiger partial charge is 0.105 e. The van der Waals surface area contributed by atoms with E-state index in [1.54, 1.807) is 0 Å². The Morgan fingerprint density at radius 1 is 1.50 bits per heavy atom. The summed E-state index contributed by atoms with van der Waals surface area (Å²) < 4.78 is 2.20. The number of thiol groups is 1. The Morgan fingerprint density at radius 2 is 2.14 bits per heavy atom. The fourth-order valence-corrected chi connectivity index (χ4v) is 2.10. The van der Waals surface area contributed by atoms with Gasteiger partial charge in [0.05, 0.1) is 0 Å². The Kier molecular flexibility index (Phi) is 3.65. The lowest BCUT2D eigenvalue weighted by atomic mass is 9.82. The van der Waals surface area contributed by atoms with Crippen molar-refractivity contribution in [3.63, 3.8) is 0 Å². The Morgan fingerprint density at radius 3 is 2.50 bits per heavy atom. The summed E-state index contributed by atoms with van der Waals surface area (Å²) in [6, 6.07) is 0. The first-order valence-electron chi connectivity index (χ1n) is 5.03. The molecule has 1 rings (SSSR count). The summed E-state index contributed by atoms with van der Waals surface area (Å²) in [6.45, 7) is 9.84. The lowest BCUT2D eigenvalue weighted by Crippen LogP contribution is -2.26. The molecule has 0 aromatic carbocycles. The molecule has 0 bridgehead atoms. The second-order valence-electron chi connectivity index (χ2n) is 4.87. The molecule has 0 N–H and O–H groups in total. The van der Waals surface area contributed by atoms with Crippen LogP contribution in [0.3, 0.4) is 0 Å². The van der Waals surface area contributed by atoms with E-state index in [0.29, 0.717) is 11.3 Å². The van der Waals surface area contributed by atoms with E-state index in [9.17, 15) is 0 Å². The van der Waals surface area contributed by atoms with Crippen LogP contribution >= 0.6 is 12.6 Å². The molecular formula is C11H20N2S. The highest BCUT2D eigenvalue weighted by molar-refractivity contribution is 7.80. The van der Waals surface area contributed by atoms with Crippen molar-refractivity contribution < 1.29 is 0 Å². The van der Waals surface area contributed by atoms with Crippen LogP contribution in [0.4, 0.5) is 0 Å². The van der Waals surface area contributed by atoms with Gasteiger partial charge in [-0.05, 0) is 24.0 Å². The van der Waals surface area contributed by atoms with E-state index in [4.69, 9.17) is 0 Å². The van der Waals surface area contributed by atoms with E-state index in [2.05, 4.69) is 43.0 Å². The van der Waals surface area contributed by atoms with Crippen LogP contribution in [-0.4, -0.2) is 15.3 Å². The zero-order valence-electron chi connectivity index (χ0n) is 9.49. The third kappa shape index (κ3) is 2.77. The molecule has 1 heterocycles. The molecule has 0 spiro atoms. The zero-order valence-corrected chi connectivity index (χ0v) is 10.4. The summed E-state index contributed by atoms with van der Waals surface area (Å²) in [4.78, 5) is 4.22. The maximum atomic E-state index is 4.42. The van der Waals surface area contributed by atoms with Gasteiger partial charge in [0.1, 0.15) is 5.82 Å². The molecule has 0 fully saturated rings. The molecular weight excluding hydrogens is 192 g/mol. The molecule has 0 saturated heterocycles. The molecule has 1 aromatic heterocycles. The number of rotatable bonds is 3. The van der Waals surface area contributed by atoms with Gasteiger partial charge in [-0.25, -0.2) is 4.98 Å². The molecule has 2 nitrogen and oxygen atoms in total. The molecule has 1 atom stereocenters. The second kappa shape index (κ2) is 4.39. The predicted molar refractivity (Wildman–Crippen MR) is 63.8 cm³/mol. The van der Waals surface area contributed by atoms with Gasteiger partial charge in [-0.3, -0.25) is 0 Å². The predicted octanol–water partition coefficient (Wildman–Crippen LogP) is 2.78. The maximum Gasteiger partial charge on any atom is 0.105 e. The number of hydrogen-bond acceptors (Lipinski definition) is 2. The molecule has 1 unspecified atom stereocenters. The Balaban J connectivity index is 2.71. The third-order valence-electron chi connectivity index (χ3n) is 2.79. The van der Waals surface area contributed by atoms with Crippen molar-refractivity contribution in [1.29, 1.82) is 0 Å². The fraction of sp³-hybridized carbons (Fsp3) is 0.727. The summed E-state index contributed by atoms with van der Waals surface area (Å²) in [7, 11) is 0. The lowest BCUT2D eigenvalue weighted by Gasteiger charge is -2.30. The standard InChI is InChI=1S/C11H20N2S/c1-9-12-5-6-13(9)7-10(8-14)11(2,3)4/h5-6,10,14H,7-8H2,1-4H3. The van der Waals surface area contributed by atoms with Gasteiger partial charge in [0.15, 0.2) is 0 Å². The van der Waals surface area contributed by atoms with Gasteiger partial charge in [-0.15, -0.1) is 0 Å². The van der Waals surface area contributed by atoms with Gasteiger partial charge in [-0.1, -0.05) is 20.8 Å². The Labute approximate surface area is 92.1 Å². The zero-order chi connectivity index (χ0) is 10.8. The largest absolute Gasteiger partial charge is 0.335 e. The first kappa shape index (κ1) is 11.6. The van der Waals surface area contributed by atoms with Crippen molar-refractivity contribution in [2.75, 3.05) is 5.75 Å².